The summed E-state index contributed by atoms with van der Waals surface area (Å²) in [5.74, 6) is 0.145. The van der Waals surface area contributed by atoms with Gasteiger partial charge in [0.1, 0.15) is 0 Å². The van der Waals surface area contributed by atoms with Crippen LogP contribution in [0.4, 0.5) is 0 Å². The lowest BCUT2D eigenvalue weighted by molar-refractivity contribution is -0.0652. The lowest BCUT2D eigenvalue weighted by Gasteiger charge is -2.34. The van der Waals surface area contributed by atoms with Gasteiger partial charge in [0.25, 0.3) is 0 Å². The van der Waals surface area contributed by atoms with E-state index in [4.69, 9.17) is 4.74 Å². The van der Waals surface area contributed by atoms with Gasteiger partial charge in [0.2, 0.25) is 0 Å². The van der Waals surface area contributed by atoms with Gasteiger partial charge in [-0.25, -0.2) is 0 Å². The SMILES string of the molecule is C[C@@H]1CN(CC(=O)c2ccc[nH]2)C[C@H](C)O1. The molecule has 0 radical (unpaired) electrons. The number of carbonyl (C=O) groups is 1. The predicted molar refractivity (Wildman–Crippen MR) is 61.6 cm³/mol. The third-order valence-corrected chi connectivity index (χ3v) is 2.76. The summed E-state index contributed by atoms with van der Waals surface area (Å²) in [6.07, 6.45) is 2.19. The number of ether oxygens (including phenoxy) is 1. The third kappa shape index (κ3) is 2.71. The van der Waals surface area contributed by atoms with Crippen molar-refractivity contribution in [2.24, 2.45) is 0 Å². The van der Waals surface area contributed by atoms with Crippen LogP contribution in [0.2, 0.25) is 0 Å². The number of ketones is 1. The minimum atomic E-state index is 0.145. The van der Waals surface area contributed by atoms with Crippen LogP contribution in [0.5, 0.6) is 0 Å². The van der Waals surface area contributed by atoms with Gasteiger partial charge in [-0.2, -0.15) is 0 Å². The van der Waals surface area contributed by atoms with Crippen LogP contribution in [-0.2, 0) is 4.74 Å². The molecular weight excluding hydrogens is 204 g/mol. The van der Waals surface area contributed by atoms with E-state index in [1.165, 1.54) is 0 Å². The number of hydrogen-bond acceptors (Lipinski definition) is 3. The Morgan fingerprint density at radius 3 is 2.75 bits per heavy atom. The average molecular weight is 222 g/mol. The summed E-state index contributed by atoms with van der Waals surface area (Å²) in [6, 6.07) is 3.66. The maximum absolute atomic E-state index is 11.9. The summed E-state index contributed by atoms with van der Waals surface area (Å²) in [7, 11) is 0. The van der Waals surface area contributed by atoms with Gasteiger partial charge < -0.3 is 9.72 Å². The van der Waals surface area contributed by atoms with Gasteiger partial charge in [-0.1, -0.05) is 0 Å². The number of nitrogens with one attached hydrogen (secondary N) is 1. The summed E-state index contributed by atoms with van der Waals surface area (Å²) in [5, 5.41) is 0. The van der Waals surface area contributed by atoms with E-state index < -0.39 is 0 Å². The van der Waals surface area contributed by atoms with Gasteiger partial charge in [-0.05, 0) is 26.0 Å². The molecule has 4 heteroatoms. The molecule has 0 spiro atoms. The minimum absolute atomic E-state index is 0.145. The molecule has 0 bridgehead atoms. The second-order valence-electron chi connectivity index (χ2n) is 4.46. The maximum Gasteiger partial charge on any atom is 0.192 e. The van der Waals surface area contributed by atoms with Crippen molar-refractivity contribution in [2.75, 3.05) is 19.6 Å². The van der Waals surface area contributed by atoms with Crippen LogP contribution < -0.4 is 0 Å². The number of rotatable bonds is 3. The molecule has 88 valence electrons. The monoisotopic (exact) mass is 222 g/mol. The Bertz CT molecular complexity index is 338. The Hall–Kier alpha value is -1.13. The van der Waals surface area contributed by atoms with E-state index in [0.717, 1.165) is 13.1 Å². The van der Waals surface area contributed by atoms with Crippen LogP contribution in [-0.4, -0.2) is 47.5 Å². The number of carbonyl (C=O) groups excluding carboxylic acids is 1. The Morgan fingerprint density at radius 2 is 2.19 bits per heavy atom. The number of nitrogens with zero attached hydrogens (tertiary/aromatic N) is 1. The molecule has 0 unspecified atom stereocenters. The first-order chi connectivity index (χ1) is 7.65. The van der Waals surface area contributed by atoms with Gasteiger partial charge in [-0.15, -0.1) is 0 Å². The van der Waals surface area contributed by atoms with Crippen LogP contribution in [0.3, 0.4) is 0 Å². The number of hydrogen-bond donors (Lipinski definition) is 1. The average Bonchev–Trinajstić information content (AvgIpc) is 2.68. The van der Waals surface area contributed by atoms with E-state index in [0.29, 0.717) is 12.2 Å². The normalized spacial score (nSPS) is 26.9. The fraction of sp³-hybridized carbons (Fsp3) is 0.583. The van der Waals surface area contributed by atoms with Crippen LogP contribution in [0.15, 0.2) is 18.3 Å². The van der Waals surface area contributed by atoms with Gasteiger partial charge in [0.15, 0.2) is 5.78 Å². The molecule has 1 aromatic heterocycles. The molecule has 4 nitrogen and oxygen atoms in total. The quantitative estimate of drug-likeness (QED) is 0.784. The highest BCUT2D eigenvalue weighted by Gasteiger charge is 2.24. The van der Waals surface area contributed by atoms with Crippen LogP contribution in [0.1, 0.15) is 24.3 Å². The van der Waals surface area contributed by atoms with Crippen molar-refractivity contribution >= 4 is 5.78 Å². The molecule has 1 aromatic rings. The minimum Gasteiger partial charge on any atom is -0.373 e. The second-order valence-corrected chi connectivity index (χ2v) is 4.46. The number of H-pyrrole nitrogens is 1. The topological polar surface area (TPSA) is 45.3 Å². The van der Waals surface area contributed by atoms with Gasteiger partial charge in [-0.3, -0.25) is 9.69 Å². The summed E-state index contributed by atoms with van der Waals surface area (Å²) in [5.41, 5.74) is 0.687. The number of aromatic nitrogens is 1. The van der Waals surface area contributed by atoms with Crippen molar-refractivity contribution in [3.8, 4) is 0 Å². The summed E-state index contributed by atoms with van der Waals surface area (Å²) >= 11 is 0. The zero-order chi connectivity index (χ0) is 11.5. The van der Waals surface area contributed by atoms with E-state index in [9.17, 15) is 4.79 Å². The zero-order valence-electron chi connectivity index (χ0n) is 9.77. The molecule has 1 aliphatic rings. The standard InChI is InChI=1S/C12H18N2O2/c1-9-6-14(7-10(2)16-9)8-12(15)11-4-3-5-13-11/h3-5,9-10,13H,6-8H2,1-2H3/t9-,10+. The molecule has 0 amide bonds. The van der Waals surface area contributed by atoms with E-state index in [2.05, 4.69) is 9.88 Å². The first kappa shape index (κ1) is 11.4. The Morgan fingerprint density at radius 1 is 1.50 bits per heavy atom. The Kier molecular flexibility index (Phi) is 3.41. The molecule has 1 saturated heterocycles. The van der Waals surface area contributed by atoms with Crippen molar-refractivity contribution in [1.82, 2.24) is 9.88 Å². The smallest absolute Gasteiger partial charge is 0.192 e. The lowest BCUT2D eigenvalue weighted by atomic mass is 10.2. The van der Waals surface area contributed by atoms with Crippen molar-refractivity contribution in [3.63, 3.8) is 0 Å². The van der Waals surface area contributed by atoms with Gasteiger partial charge in [0, 0.05) is 19.3 Å². The first-order valence-electron chi connectivity index (χ1n) is 5.69. The third-order valence-electron chi connectivity index (χ3n) is 2.76. The van der Waals surface area contributed by atoms with Crippen molar-refractivity contribution in [1.29, 1.82) is 0 Å². The number of morpholine rings is 1. The van der Waals surface area contributed by atoms with Gasteiger partial charge in [0.05, 0.1) is 24.4 Å². The van der Waals surface area contributed by atoms with E-state index in [1.54, 1.807) is 6.20 Å². The molecule has 0 aliphatic carbocycles. The van der Waals surface area contributed by atoms with E-state index >= 15 is 0 Å². The first-order valence-corrected chi connectivity index (χ1v) is 5.69. The number of aromatic amines is 1. The van der Waals surface area contributed by atoms with Crippen molar-refractivity contribution in [2.45, 2.75) is 26.1 Å². The van der Waals surface area contributed by atoms with Gasteiger partial charge >= 0.3 is 0 Å². The molecule has 16 heavy (non-hydrogen) atoms. The Balaban J connectivity index is 1.92. The summed E-state index contributed by atoms with van der Waals surface area (Å²) in [4.78, 5) is 17.0. The lowest BCUT2D eigenvalue weighted by Crippen LogP contribution is -2.47. The molecule has 0 saturated carbocycles. The zero-order valence-corrected chi connectivity index (χ0v) is 9.77. The molecular formula is C12H18N2O2. The fourth-order valence-corrected chi connectivity index (χ4v) is 2.21. The highest BCUT2D eigenvalue weighted by atomic mass is 16.5. The fourth-order valence-electron chi connectivity index (χ4n) is 2.21. The largest absolute Gasteiger partial charge is 0.373 e. The summed E-state index contributed by atoms with van der Waals surface area (Å²) in [6.45, 7) is 6.22. The molecule has 2 rings (SSSR count). The van der Waals surface area contributed by atoms with Crippen molar-refractivity contribution in [3.05, 3.63) is 24.0 Å². The maximum atomic E-state index is 11.9. The van der Waals surface area contributed by atoms with E-state index in [1.807, 2.05) is 26.0 Å². The molecule has 2 atom stereocenters. The Labute approximate surface area is 95.6 Å². The highest BCUT2D eigenvalue weighted by Crippen LogP contribution is 2.11. The molecule has 1 fully saturated rings. The molecule has 2 heterocycles. The van der Waals surface area contributed by atoms with E-state index in [-0.39, 0.29) is 18.0 Å². The highest BCUT2D eigenvalue weighted by molar-refractivity contribution is 5.95. The number of Topliss-reactive ketones (excluding diaryl/α,β-unsaturated/α-hetero) is 1. The predicted octanol–water partition coefficient (Wildman–Crippen LogP) is 1.31. The molecule has 0 aromatic carbocycles. The van der Waals surface area contributed by atoms with Crippen LogP contribution >= 0.6 is 0 Å². The van der Waals surface area contributed by atoms with Crippen LogP contribution in [0.25, 0.3) is 0 Å². The van der Waals surface area contributed by atoms with Crippen molar-refractivity contribution < 1.29 is 9.53 Å². The molecule has 1 N–H and O–H groups in total. The summed E-state index contributed by atoms with van der Waals surface area (Å²) < 4.78 is 5.63. The molecule has 1 aliphatic heterocycles. The van der Waals surface area contributed by atoms with Crippen LogP contribution in [0, 0.1) is 0 Å². The second kappa shape index (κ2) is 4.80.